The molecule has 0 radical (unpaired) electrons. The summed E-state index contributed by atoms with van der Waals surface area (Å²) in [4.78, 5) is 15.6. The number of hydrogen-bond donors (Lipinski definition) is 0. The molecule has 0 aromatic heterocycles. The Morgan fingerprint density at radius 3 is 2.38 bits per heavy atom. The molecule has 0 N–H and O–H groups in total. The van der Waals surface area contributed by atoms with Gasteiger partial charge in [0.2, 0.25) is 5.91 Å². The predicted octanol–water partition coefficient (Wildman–Crippen LogP) is 3.85. The van der Waals surface area contributed by atoms with E-state index in [-0.39, 0.29) is 11.2 Å². The lowest BCUT2D eigenvalue weighted by Crippen LogP contribution is -2.37. The summed E-state index contributed by atoms with van der Waals surface area (Å²) in [5, 5.41) is 0.101. The van der Waals surface area contributed by atoms with E-state index < -0.39 is 11.2 Å². The monoisotopic (exact) mass is 345 g/mol. The van der Waals surface area contributed by atoms with E-state index in [0.29, 0.717) is 12.5 Å². The Balaban J connectivity index is 1.35. The fourth-order valence-electron chi connectivity index (χ4n) is 4.19. The fraction of sp³-hybridized carbons (Fsp3) is 0.650. The molecule has 3 aliphatic rings. The van der Waals surface area contributed by atoms with Gasteiger partial charge in [0.25, 0.3) is 0 Å². The second-order valence-corrected chi connectivity index (χ2v) is 9.40. The SMILES string of the molecule is O=C(C1CCCCC1)N1CCC([S+]([O-])c2ccc(C3CC3)cc2)C1. The minimum Gasteiger partial charge on any atom is -0.611 e. The quantitative estimate of drug-likeness (QED) is 0.778. The Morgan fingerprint density at radius 2 is 1.71 bits per heavy atom. The Labute approximate surface area is 148 Å². The molecular weight excluding hydrogens is 318 g/mol. The topological polar surface area (TPSA) is 43.4 Å². The van der Waals surface area contributed by atoms with Crippen molar-refractivity contribution in [2.45, 2.75) is 67.4 Å². The highest BCUT2D eigenvalue weighted by molar-refractivity contribution is 7.92. The molecule has 1 aliphatic heterocycles. The number of nitrogens with zero attached hydrogens (tertiary/aromatic N) is 1. The van der Waals surface area contributed by atoms with E-state index in [1.54, 1.807) is 0 Å². The number of carbonyl (C=O) groups is 1. The molecule has 2 saturated carbocycles. The highest BCUT2D eigenvalue weighted by Crippen LogP contribution is 2.40. The minimum atomic E-state index is -0.996. The largest absolute Gasteiger partial charge is 0.611 e. The summed E-state index contributed by atoms with van der Waals surface area (Å²) in [6.45, 7) is 1.46. The van der Waals surface area contributed by atoms with Gasteiger partial charge in [0, 0.05) is 18.9 Å². The van der Waals surface area contributed by atoms with Crippen molar-refractivity contribution in [2.75, 3.05) is 13.1 Å². The zero-order valence-corrected chi connectivity index (χ0v) is 15.1. The van der Waals surface area contributed by atoms with E-state index in [4.69, 9.17) is 0 Å². The predicted molar refractivity (Wildman–Crippen MR) is 96.4 cm³/mol. The third-order valence-corrected chi connectivity index (χ3v) is 7.60. The Hall–Kier alpha value is -1.00. The van der Waals surface area contributed by atoms with Crippen LogP contribution >= 0.6 is 0 Å². The van der Waals surface area contributed by atoms with Gasteiger partial charge in [-0.3, -0.25) is 4.79 Å². The van der Waals surface area contributed by atoms with Gasteiger partial charge in [-0.25, -0.2) is 0 Å². The number of likely N-dealkylation sites (tertiary alicyclic amines) is 1. The number of benzene rings is 1. The van der Waals surface area contributed by atoms with Crippen molar-refractivity contribution in [1.29, 1.82) is 0 Å². The van der Waals surface area contributed by atoms with Crippen molar-refractivity contribution in [3.63, 3.8) is 0 Å². The first-order valence-electron chi connectivity index (χ1n) is 9.51. The molecule has 1 saturated heterocycles. The van der Waals surface area contributed by atoms with Gasteiger partial charge in [-0.15, -0.1) is 0 Å². The molecule has 3 nitrogen and oxygen atoms in total. The van der Waals surface area contributed by atoms with Gasteiger partial charge in [0.05, 0.1) is 6.54 Å². The van der Waals surface area contributed by atoms with Gasteiger partial charge in [0.15, 0.2) is 4.90 Å². The second-order valence-electron chi connectivity index (χ2n) is 7.67. The molecule has 0 spiro atoms. The summed E-state index contributed by atoms with van der Waals surface area (Å²) >= 11 is -0.996. The molecule has 2 unspecified atom stereocenters. The number of amides is 1. The van der Waals surface area contributed by atoms with Crippen molar-refractivity contribution < 1.29 is 9.35 Å². The molecule has 1 aromatic rings. The van der Waals surface area contributed by atoms with Crippen LogP contribution in [0.2, 0.25) is 0 Å². The standard InChI is InChI=1S/C20H27NO2S/c22-20(17-4-2-1-3-5-17)21-13-12-19(14-21)24(23)18-10-8-16(9-11-18)15-6-7-15/h8-11,15,17,19H,1-7,12-14H2. The number of carbonyl (C=O) groups excluding carboxylic acids is 1. The molecule has 2 aliphatic carbocycles. The van der Waals surface area contributed by atoms with Crippen molar-refractivity contribution in [3.8, 4) is 0 Å². The van der Waals surface area contributed by atoms with Crippen LogP contribution in [-0.4, -0.2) is 33.7 Å². The van der Waals surface area contributed by atoms with Crippen LogP contribution in [0.3, 0.4) is 0 Å². The maximum absolute atomic E-state index is 12.9. The summed E-state index contributed by atoms with van der Waals surface area (Å²) in [5.41, 5.74) is 1.39. The van der Waals surface area contributed by atoms with Gasteiger partial charge in [-0.2, -0.15) is 0 Å². The van der Waals surface area contributed by atoms with Gasteiger partial charge >= 0.3 is 0 Å². The third kappa shape index (κ3) is 3.50. The average molecular weight is 346 g/mol. The van der Waals surface area contributed by atoms with E-state index in [0.717, 1.165) is 36.6 Å². The van der Waals surface area contributed by atoms with E-state index in [2.05, 4.69) is 12.1 Å². The molecule has 130 valence electrons. The minimum absolute atomic E-state index is 0.101. The van der Waals surface area contributed by atoms with Crippen LogP contribution in [0.15, 0.2) is 29.2 Å². The van der Waals surface area contributed by atoms with Crippen LogP contribution in [-0.2, 0) is 16.0 Å². The molecule has 1 heterocycles. The molecule has 24 heavy (non-hydrogen) atoms. The Bertz CT molecular complexity index is 578. The maximum Gasteiger partial charge on any atom is 0.225 e. The highest BCUT2D eigenvalue weighted by atomic mass is 32.2. The Kier molecular flexibility index (Phi) is 4.86. The van der Waals surface area contributed by atoms with Crippen LogP contribution in [0.4, 0.5) is 0 Å². The molecule has 3 fully saturated rings. The van der Waals surface area contributed by atoms with Gasteiger partial charge in [-0.05, 0) is 60.5 Å². The van der Waals surface area contributed by atoms with Crippen LogP contribution in [0.1, 0.15) is 62.8 Å². The zero-order valence-electron chi connectivity index (χ0n) is 14.3. The molecule has 4 heteroatoms. The van der Waals surface area contributed by atoms with E-state index in [9.17, 15) is 9.35 Å². The molecular formula is C20H27NO2S. The van der Waals surface area contributed by atoms with E-state index >= 15 is 0 Å². The maximum atomic E-state index is 12.9. The summed E-state index contributed by atoms with van der Waals surface area (Å²) in [6, 6.07) is 8.36. The number of rotatable bonds is 4. The summed E-state index contributed by atoms with van der Waals surface area (Å²) < 4.78 is 12.9. The van der Waals surface area contributed by atoms with Gasteiger partial charge in [-0.1, -0.05) is 31.4 Å². The normalized spacial score (nSPS) is 26.5. The van der Waals surface area contributed by atoms with Crippen molar-refractivity contribution in [3.05, 3.63) is 29.8 Å². The summed E-state index contributed by atoms with van der Waals surface area (Å²) in [5.74, 6) is 1.28. The molecule has 0 bridgehead atoms. The molecule has 2 atom stereocenters. The molecule has 1 aromatic carbocycles. The lowest BCUT2D eigenvalue weighted by molar-refractivity contribution is -0.135. The average Bonchev–Trinajstić information content (AvgIpc) is 3.38. The third-order valence-electron chi connectivity index (χ3n) is 5.88. The first kappa shape index (κ1) is 16.5. The Morgan fingerprint density at radius 1 is 1.00 bits per heavy atom. The van der Waals surface area contributed by atoms with Crippen LogP contribution in [0.5, 0.6) is 0 Å². The van der Waals surface area contributed by atoms with Gasteiger partial charge in [0.1, 0.15) is 5.25 Å². The van der Waals surface area contributed by atoms with E-state index in [1.165, 1.54) is 37.7 Å². The molecule has 1 amide bonds. The summed E-state index contributed by atoms with van der Waals surface area (Å²) in [6.07, 6.45) is 9.20. The number of hydrogen-bond acceptors (Lipinski definition) is 2. The van der Waals surface area contributed by atoms with Gasteiger partial charge < -0.3 is 9.45 Å². The van der Waals surface area contributed by atoms with E-state index in [1.807, 2.05) is 17.0 Å². The van der Waals surface area contributed by atoms with Crippen molar-refractivity contribution in [2.24, 2.45) is 5.92 Å². The van der Waals surface area contributed by atoms with Crippen LogP contribution < -0.4 is 0 Å². The van der Waals surface area contributed by atoms with Crippen LogP contribution in [0.25, 0.3) is 0 Å². The lowest BCUT2D eigenvalue weighted by Gasteiger charge is -2.26. The van der Waals surface area contributed by atoms with Crippen molar-refractivity contribution >= 4 is 17.1 Å². The van der Waals surface area contributed by atoms with Crippen LogP contribution in [0, 0.1) is 5.92 Å². The first-order chi connectivity index (χ1) is 11.7. The summed E-state index contributed by atoms with van der Waals surface area (Å²) in [7, 11) is 0. The lowest BCUT2D eigenvalue weighted by atomic mass is 9.88. The zero-order chi connectivity index (χ0) is 16.5. The van der Waals surface area contributed by atoms with Crippen molar-refractivity contribution in [1.82, 2.24) is 4.90 Å². The second kappa shape index (κ2) is 7.09. The fourth-order valence-corrected chi connectivity index (χ4v) is 5.62. The smallest absolute Gasteiger partial charge is 0.225 e. The highest BCUT2D eigenvalue weighted by Gasteiger charge is 2.37. The first-order valence-corrected chi connectivity index (χ1v) is 10.7. The molecule has 4 rings (SSSR count).